The van der Waals surface area contributed by atoms with Gasteiger partial charge in [-0.3, -0.25) is 9.59 Å². The topological polar surface area (TPSA) is 100 Å². The van der Waals surface area contributed by atoms with Gasteiger partial charge in [-0.25, -0.2) is 20.2 Å². The molecule has 0 unspecified atom stereocenters. The van der Waals surface area contributed by atoms with Crippen LogP contribution in [0.2, 0.25) is 0 Å². The molecule has 8 nitrogen and oxygen atoms in total. The zero-order chi connectivity index (χ0) is 84.7. The second-order valence-electron chi connectivity index (χ2n) is 34.3. The van der Waals surface area contributed by atoms with E-state index in [1.54, 1.807) is 9.13 Å². The van der Waals surface area contributed by atoms with E-state index in [-0.39, 0.29) is 22.5 Å². The Kier molecular flexibility index (Phi) is 33.9. The molecule has 0 amide bonds. The third-order valence-electron chi connectivity index (χ3n) is 25.3. The maximum Gasteiger partial charge on any atom is 0.294 e. The Morgan fingerprint density at radius 1 is 0.342 bits per heavy atom. The van der Waals surface area contributed by atoms with Gasteiger partial charge in [0, 0.05) is 64.6 Å². The summed E-state index contributed by atoms with van der Waals surface area (Å²) >= 11 is 10.3. The van der Waals surface area contributed by atoms with Crippen molar-refractivity contribution in [1.29, 1.82) is 10.5 Å². The molecule has 10 aromatic rings. The number of benzene rings is 4. The molecule has 120 heavy (non-hydrogen) atoms. The predicted octanol–water partition coefficient (Wildman–Crippen LogP) is 28.0. The lowest BCUT2D eigenvalue weighted by molar-refractivity contribution is 0.656. The summed E-state index contributed by atoms with van der Waals surface area (Å²) in [5.74, 6) is 0. The van der Waals surface area contributed by atoms with Crippen LogP contribution in [0.25, 0.3) is 63.5 Å². The summed E-state index contributed by atoms with van der Waals surface area (Å²) in [4.78, 5) is 44.5. The van der Waals surface area contributed by atoms with Gasteiger partial charge in [0.2, 0.25) is 0 Å². The molecular weight excluding hydrogens is 1580 g/mol. The van der Waals surface area contributed by atoms with Crippen LogP contribution in [0.1, 0.15) is 372 Å². The molecule has 14 heteroatoms. The zero-order valence-electron chi connectivity index (χ0n) is 73.9. The van der Waals surface area contributed by atoms with E-state index < -0.39 is 10.8 Å². The summed E-state index contributed by atoms with van der Waals surface area (Å²) < 4.78 is 7.78. The minimum Gasteiger partial charge on any atom is -0.307 e. The Balaban J connectivity index is 1.31. The summed E-state index contributed by atoms with van der Waals surface area (Å²) in [6.45, 7) is 39.4. The van der Waals surface area contributed by atoms with Crippen LogP contribution in [0.4, 0.5) is 0 Å². The molecule has 0 bridgehead atoms. The van der Waals surface area contributed by atoms with Crippen molar-refractivity contribution in [2.45, 2.75) is 350 Å². The number of thiophene rings is 4. The molecule has 0 radical (unpaired) electrons. The Morgan fingerprint density at radius 2 is 0.583 bits per heavy atom. The van der Waals surface area contributed by atoms with E-state index in [0.717, 1.165) is 112 Å². The smallest absolute Gasteiger partial charge is 0.294 e. The summed E-state index contributed by atoms with van der Waals surface area (Å²) in [6, 6.07) is 40.9. The molecule has 6 heterocycles. The van der Waals surface area contributed by atoms with E-state index in [2.05, 4.69) is 174 Å². The largest absolute Gasteiger partial charge is 0.307 e. The first-order valence-corrected chi connectivity index (χ1v) is 51.5. The number of fused-ring (bicyclic) bond motifs is 9. The van der Waals surface area contributed by atoms with Crippen molar-refractivity contribution in [3.05, 3.63) is 244 Å². The molecule has 2 aliphatic carbocycles. The minimum absolute atomic E-state index is 0.0602. The van der Waals surface area contributed by atoms with Crippen molar-refractivity contribution in [2.24, 2.45) is 0 Å². The lowest BCUT2D eigenvalue weighted by Crippen LogP contribution is -2.31. The van der Waals surface area contributed by atoms with Crippen LogP contribution in [0.5, 0.6) is 0 Å². The van der Waals surface area contributed by atoms with Gasteiger partial charge < -0.3 is 9.13 Å². The normalized spacial score (nSPS) is 13.8. The molecular formula is C106H130N6O2S6. The van der Waals surface area contributed by atoms with E-state index in [0.29, 0.717) is 31.5 Å². The fourth-order valence-corrected chi connectivity index (χ4v) is 27.4. The maximum atomic E-state index is 15.0. The number of nitriles is 2. The number of hydrogen-bond acceptors (Lipinski definition) is 10. The molecule has 12 rings (SSSR count). The van der Waals surface area contributed by atoms with Gasteiger partial charge in [-0.15, -0.1) is 68.0 Å². The van der Waals surface area contributed by atoms with Crippen LogP contribution in [0.3, 0.4) is 0 Å². The van der Waals surface area contributed by atoms with Crippen LogP contribution in [-0.2, 0) is 75.3 Å². The number of thiazole rings is 2. The van der Waals surface area contributed by atoms with Crippen LogP contribution in [0.15, 0.2) is 94.5 Å². The van der Waals surface area contributed by atoms with Gasteiger partial charge in [-0.1, -0.05) is 282 Å². The third-order valence-corrected chi connectivity index (χ3v) is 32.5. The Bertz CT molecular complexity index is 5120. The van der Waals surface area contributed by atoms with Crippen molar-refractivity contribution >= 4 is 101 Å². The van der Waals surface area contributed by atoms with Gasteiger partial charge in [0.15, 0.2) is 0 Å². The number of aryl methyl sites for hydroxylation is 8. The fourth-order valence-electron chi connectivity index (χ4n) is 19.1. The first-order valence-electron chi connectivity index (χ1n) is 46.6. The molecule has 0 saturated heterocycles. The van der Waals surface area contributed by atoms with Gasteiger partial charge in [0.25, 0.3) is 22.5 Å². The second kappa shape index (κ2) is 44.5. The molecule has 0 saturated carbocycles. The second-order valence-corrected chi connectivity index (χ2v) is 40.5. The van der Waals surface area contributed by atoms with Crippen molar-refractivity contribution in [1.82, 2.24) is 9.13 Å². The van der Waals surface area contributed by atoms with E-state index in [1.165, 1.54) is 295 Å². The summed E-state index contributed by atoms with van der Waals surface area (Å²) in [6.07, 6.45) is 49.6. The van der Waals surface area contributed by atoms with Crippen LogP contribution in [-0.4, -0.2) is 9.13 Å². The molecule has 0 atom stereocenters. The van der Waals surface area contributed by atoms with Crippen molar-refractivity contribution in [2.75, 3.05) is 0 Å². The highest BCUT2D eigenvalue weighted by molar-refractivity contribution is 7.32. The van der Waals surface area contributed by atoms with Gasteiger partial charge in [0.05, 0.1) is 54.6 Å². The highest BCUT2D eigenvalue weighted by Crippen LogP contribution is 2.70. The summed E-state index contributed by atoms with van der Waals surface area (Å²) in [5.41, 5.74) is 19.6. The first kappa shape index (κ1) is 91.4. The van der Waals surface area contributed by atoms with E-state index in [4.69, 9.17) is 13.1 Å². The van der Waals surface area contributed by atoms with Gasteiger partial charge in [-0.2, -0.15) is 0 Å². The van der Waals surface area contributed by atoms with Crippen molar-refractivity contribution < 1.29 is 0 Å². The van der Waals surface area contributed by atoms with Crippen LogP contribution < -0.4 is 29.5 Å². The maximum absolute atomic E-state index is 15.0. The lowest BCUT2D eigenvalue weighted by atomic mass is 9.68. The molecule has 0 N–H and O–H groups in total. The van der Waals surface area contributed by atoms with E-state index in [9.17, 15) is 10.5 Å². The van der Waals surface area contributed by atoms with Crippen molar-refractivity contribution in [3.63, 3.8) is 0 Å². The minimum atomic E-state index is -0.836. The van der Waals surface area contributed by atoms with Crippen LogP contribution in [0, 0.1) is 35.8 Å². The summed E-state index contributed by atoms with van der Waals surface area (Å²) in [7, 11) is 0. The summed E-state index contributed by atoms with van der Waals surface area (Å²) in [5, 5.41) is 20.8. The highest BCUT2D eigenvalue weighted by Gasteiger charge is 2.56. The number of hydrogen-bond donors (Lipinski definition) is 0. The monoisotopic (exact) mass is 1710 g/mol. The van der Waals surface area contributed by atoms with Gasteiger partial charge in [0.1, 0.15) is 9.33 Å². The Labute approximate surface area is 741 Å². The van der Waals surface area contributed by atoms with E-state index >= 15 is 9.59 Å². The number of aromatic nitrogens is 2. The first-order chi connectivity index (χ1) is 58.7. The zero-order valence-corrected chi connectivity index (χ0v) is 78.8. The quantitative estimate of drug-likeness (QED) is 0.0280. The molecule has 6 aromatic heterocycles. The third kappa shape index (κ3) is 20.0. The average molecular weight is 1710 g/mol. The molecule has 2 aliphatic rings. The number of rotatable bonds is 48. The van der Waals surface area contributed by atoms with E-state index in [1.807, 2.05) is 59.2 Å². The predicted molar refractivity (Wildman–Crippen MR) is 518 cm³/mol. The molecule has 0 aliphatic heterocycles. The van der Waals surface area contributed by atoms with Gasteiger partial charge >= 0.3 is 0 Å². The molecule has 632 valence electrons. The number of nitrogens with zero attached hydrogens (tertiary/aromatic N) is 6. The standard InChI is InChI=1S/C106H130N6O2S6/c1-13-23-31-39-47-73-55-74(48-40-32-24-14-2)60-81(59-73)105(82-61-75(49-41-33-25-15-3)56-76(62-82)50-42-34-26-16-4)93-95(87-67-85(115-99(87)105)69-91-101(113)111(21-9)103(117-91)89(71-107)109-11)119-98-94-96(120-97(93)98)88-68-86(70-92-102(114)112(22-10)104(118-92)90(72-108)110-12)116-100(88)106(94,83-63-77(51-43-35-27-17-5)57-78(64-83)52-44-36-28-18-6)84-65-79(53-45-37-29-19-7)58-80(66-84)54-46-38-30-20-8/h55-70H,13-54H2,1-10H3/b91-69-,92-70-,103-89-,104-90+. The SMILES string of the molecule is [C-]#[N+]/C(C#N)=c1\s/c(=C\c2cc3c(s2)C(c2cc(CCCCCC)cc(CCCCCC)c2)(c2cc(CCCCCC)cc(CCCCCC)c2)c2c-3sc3c4c(sc23)-c2cc(/C=c3\s/c(=C(\C#N)[N+]#[C-])n(CC)c3=O)sc2C4(c2cc(CCCCCC)cc(CCCCCC)c2)c2cc(CCCCCC)cc(CCCCCC)c2)c(=O)n1CC. The van der Waals surface area contributed by atoms with Crippen molar-refractivity contribution in [3.8, 4) is 33.0 Å². The highest BCUT2D eigenvalue weighted by atomic mass is 32.1. The number of unbranched alkanes of at least 4 members (excludes halogenated alkanes) is 24. The van der Waals surface area contributed by atoms with Gasteiger partial charge in [-0.05, 0) is 208 Å². The molecule has 0 fully saturated rings. The fraction of sp³-hybridized carbons (Fsp3) is 0.509. The van der Waals surface area contributed by atoms with Crippen LogP contribution >= 0.6 is 68.0 Å². The molecule has 4 aromatic carbocycles. The molecule has 0 spiro atoms. The Hall–Kier alpha value is -7.76. The lowest BCUT2D eigenvalue weighted by Gasteiger charge is -2.35. The average Bonchev–Trinajstić information content (AvgIpc) is 1.48. The Morgan fingerprint density at radius 3 is 0.792 bits per heavy atom.